The monoisotopic (exact) mass is 488 g/mol. The highest BCUT2D eigenvalue weighted by Crippen LogP contribution is 2.25. The number of hydrogen-bond acceptors (Lipinski definition) is 3. The average Bonchev–Trinajstić information content (AvgIpc) is 3.48. The predicted octanol–water partition coefficient (Wildman–Crippen LogP) is 5.13. The lowest BCUT2D eigenvalue weighted by molar-refractivity contribution is -0.117. The predicted molar refractivity (Wildman–Crippen MR) is 143 cm³/mol. The SMILES string of the molecule is N#C/C(=C/c1cn(Cc2cccc(C(=O)O)c2)c2ccccc12)C(=O)NCCc1c[nH]c2ccccc12. The molecule has 0 radical (unpaired) electrons. The highest BCUT2D eigenvalue weighted by molar-refractivity contribution is 6.04. The van der Waals surface area contributed by atoms with Crippen LogP contribution in [-0.4, -0.2) is 33.1 Å². The first kappa shape index (κ1) is 23.6. The van der Waals surface area contributed by atoms with Crippen LogP contribution in [0.5, 0.6) is 0 Å². The molecule has 3 aromatic carbocycles. The number of nitrogens with one attached hydrogen (secondary N) is 2. The quantitative estimate of drug-likeness (QED) is 0.208. The maximum absolute atomic E-state index is 12.8. The third kappa shape index (κ3) is 5.00. The van der Waals surface area contributed by atoms with E-state index >= 15 is 0 Å². The highest BCUT2D eigenvalue weighted by Gasteiger charge is 2.13. The van der Waals surface area contributed by atoms with Gasteiger partial charge in [0.15, 0.2) is 0 Å². The van der Waals surface area contributed by atoms with E-state index in [9.17, 15) is 20.0 Å². The summed E-state index contributed by atoms with van der Waals surface area (Å²) in [6, 6.07) is 24.6. The van der Waals surface area contributed by atoms with Crippen LogP contribution in [0.4, 0.5) is 0 Å². The number of aromatic nitrogens is 2. The van der Waals surface area contributed by atoms with Crippen LogP contribution >= 0.6 is 0 Å². The van der Waals surface area contributed by atoms with Crippen LogP contribution in [0.25, 0.3) is 27.9 Å². The molecule has 2 aromatic heterocycles. The summed E-state index contributed by atoms with van der Waals surface area (Å²) in [5.74, 6) is -1.40. The minimum absolute atomic E-state index is 0.0229. The zero-order valence-electron chi connectivity index (χ0n) is 19.9. The number of H-pyrrole nitrogens is 1. The summed E-state index contributed by atoms with van der Waals surface area (Å²) in [5, 5.41) is 23.9. The Morgan fingerprint density at radius 3 is 2.62 bits per heavy atom. The lowest BCUT2D eigenvalue weighted by Crippen LogP contribution is -2.26. The zero-order valence-corrected chi connectivity index (χ0v) is 19.9. The third-order valence-electron chi connectivity index (χ3n) is 6.37. The molecule has 0 atom stereocenters. The Morgan fingerprint density at radius 2 is 1.81 bits per heavy atom. The van der Waals surface area contributed by atoms with Gasteiger partial charge in [0, 0.05) is 52.9 Å². The number of benzene rings is 3. The first-order valence-corrected chi connectivity index (χ1v) is 11.9. The molecule has 0 aliphatic carbocycles. The maximum atomic E-state index is 12.8. The molecule has 5 aromatic rings. The smallest absolute Gasteiger partial charge is 0.335 e. The molecule has 3 N–H and O–H groups in total. The fourth-order valence-corrected chi connectivity index (χ4v) is 4.57. The summed E-state index contributed by atoms with van der Waals surface area (Å²) in [6.45, 7) is 0.857. The minimum atomic E-state index is -0.975. The van der Waals surface area contributed by atoms with Crippen molar-refractivity contribution in [2.24, 2.45) is 0 Å². The number of nitriles is 1. The Kier molecular flexibility index (Phi) is 6.56. The van der Waals surface area contributed by atoms with Gasteiger partial charge >= 0.3 is 5.97 Å². The van der Waals surface area contributed by atoms with Gasteiger partial charge in [-0.25, -0.2) is 4.79 Å². The molecule has 5 rings (SSSR count). The molecule has 7 heteroatoms. The lowest BCUT2D eigenvalue weighted by atomic mass is 10.1. The van der Waals surface area contributed by atoms with Crippen LogP contribution in [0.2, 0.25) is 0 Å². The van der Waals surface area contributed by atoms with Crippen LogP contribution in [0.15, 0.2) is 90.8 Å². The molecule has 37 heavy (non-hydrogen) atoms. The van der Waals surface area contributed by atoms with E-state index in [1.54, 1.807) is 24.3 Å². The van der Waals surface area contributed by atoms with Crippen LogP contribution in [-0.2, 0) is 17.8 Å². The van der Waals surface area contributed by atoms with Gasteiger partial charge in [-0.1, -0.05) is 48.5 Å². The number of carbonyl (C=O) groups is 2. The van der Waals surface area contributed by atoms with E-state index in [1.807, 2.05) is 77.6 Å². The molecular formula is C30H24N4O3. The Morgan fingerprint density at radius 1 is 1.03 bits per heavy atom. The summed E-state index contributed by atoms with van der Waals surface area (Å²) in [5.41, 5.74) is 4.91. The van der Waals surface area contributed by atoms with Crippen LogP contribution in [0, 0.1) is 11.3 Å². The summed E-state index contributed by atoms with van der Waals surface area (Å²) in [7, 11) is 0. The van der Waals surface area contributed by atoms with E-state index in [1.165, 1.54) is 0 Å². The van der Waals surface area contributed by atoms with E-state index in [4.69, 9.17) is 0 Å². The number of aromatic amines is 1. The molecule has 0 aliphatic heterocycles. The van der Waals surface area contributed by atoms with Crippen LogP contribution < -0.4 is 5.32 Å². The number of para-hydroxylation sites is 2. The molecule has 0 unspecified atom stereocenters. The Hall–Kier alpha value is -5.09. The molecular weight excluding hydrogens is 464 g/mol. The van der Waals surface area contributed by atoms with Crippen molar-refractivity contribution in [1.82, 2.24) is 14.9 Å². The normalized spacial score (nSPS) is 11.5. The van der Waals surface area contributed by atoms with Crippen molar-refractivity contribution >= 4 is 39.8 Å². The average molecular weight is 489 g/mol. The van der Waals surface area contributed by atoms with Crippen LogP contribution in [0.3, 0.4) is 0 Å². The first-order chi connectivity index (χ1) is 18.0. The summed E-state index contributed by atoms with van der Waals surface area (Å²) in [4.78, 5) is 27.4. The van der Waals surface area contributed by atoms with Gasteiger partial charge in [-0.3, -0.25) is 4.79 Å². The number of carboxylic acid groups (broad SMARTS) is 1. The van der Waals surface area contributed by atoms with Crippen molar-refractivity contribution in [2.45, 2.75) is 13.0 Å². The van der Waals surface area contributed by atoms with Crippen molar-refractivity contribution in [3.63, 3.8) is 0 Å². The Balaban J connectivity index is 1.35. The molecule has 7 nitrogen and oxygen atoms in total. The summed E-state index contributed by atoms with van der Waals surface area (Å²) >= 11 is 0. The second kappa shape index (κ2) is 10.3. The number of carbonyl (C=O) groups excluding carboxylic acids is 1. The van der Waals surface area contributed by atoms with Gasteiger partial charge in [0.1, 0.15) is 11.6 Å². The van der Waals surface area contributed by atoms with Crippen molar-refractivity contribution in [2.75, 3.05) is 6.54 Å². The van der Waals surface area contributed by atoms with Gasteiger partial charge in [0.05, 0.1) is 5.56 Å². The maximum Gasteiger partial charge on any atom is 0.335 e. The molecule has 2 heterocycles. The van der Waals surface area contributed by atoms with Gasteiger partial charge in [-0.2, -0.15) is 5.26 Å². The van der Waals surface area contributed by atoms with E-state index in [0.717, 1.165) is 38.5 Å². The van der Waals surface area contributed by atoms with Gasteiger partial charge in [0.25, 0.3) is 5.91 Å². The number of carboxylic acids is 1. The van der Waals surface area contributed by atoms with Crippen molar-refractivity contribution < 1.29 is 14.7 Å². The number of fused-ring (bicyclic) bond motifs is 2. The van der Waals surface area contributed by atoms with Crippen molar-refractivity contribution in [3.8, 4) is 6.07 Å². The minimum Gasteiger partial charge on any atom is -0.478 e. The van der Waals surface area contributed by atoms with Crippen molar-refractivity contribution in [3.05, 3.63) is 113 Å². The molecule has 0 saturated carbocycles. The van der Waals surface area contributed by atoms with Crippen molar-refractivity contribution in [1.29, 1.82) is 5.26 Å². The van der Waals surface area contributed by atoms with E-state index < -0.39 is 11.9 Å². The van der Waals surface area contributed by atoms with Gasteiger partial charge in [0.2, 0.25) is 0 Å². The molecule has 1 amide bonds. The number of amides is 1. The number of aromatic carboxylic acids is 1. The van der Waals surface area contributed by atoms with Gasteiger partial charge in [-0.05, 0) is 47.9 Å². The molecule has 0 aliphatic rings. The standard InChI is InChI=1S/C30H24N4O3/c31-16-23(29(35)32-13-12-22-17-33-27-10-3-1-8-25(22)27)15-24-19-34(28-11-4-2-9-26(24)28)18-20-6-5-7-21(14-20)30(36)37/h1-11,14-15,17,19,33H,12-13,18H2,(H,32,35)(H,36,37)/b23-15-. The fraction of sp³-hybridized carbons (Fsp3) is 0.100. The largest absolute Gasteiger partial charge is 0.478 e. The Bertz CT molecular complexity index is 1700. The highest BCUT2D eigenvalue weighted by atomic mass is 16.4. The lowest BCUT2D eigenvalue weighted by Gasteiger charge is -2.06. The second-order valence-corrected chi connectivity index (χ2v) is 8.77. The molecule has 0 bridgehead atoms. The van der Waals surface area contributed by atoms with Gasteiger partial charge < -0.3 is 20.0 Å². The van der Waals surface area contributed by atoms with Gasteiger partial charge in [-0.15, -0.1) is 0 Å². The number of nitrogens with zero attached hydrogens (tertiary/aromatic N) is 2. The number of hydrogen-bond donors (Lipinski definition) is 3. The molecule has 0 spiro atoms. The molecule has 0 fully saturated rings. The van der Waals surface area contributed by atoms with Crippen LogP contribution in [0.1, 0.15) is 27.0 Å². The van der Waals surface area contributed by atoms with E-state index in [2.05, 4.69) is 10.3 Å². The second-order valence-electron chi connectivity index (χ2n) is 8.77. The summed E-state index contributed by atoms with van der Waals surface area (Å²) in [6.07, 6.45) is 6.07. The van der Waals surface area contributed by atoms with E-state index in [0.29, 0.717) is 19.5 Å². The Labute approximate surface area is 213 Å². The first-order valence-electron chi connectivity index (χ1n) is 11.9. The van der Waals surface area contributed by atoms with E-state index in [-0.39, 0.29) is 11.1 Å². The fourth-order valence-electron chi connectivity index (χ4n) is 4.57. The zero-order chi connectivity index (χ0) is 25.8. The summed E-state index contributed by atoms with van der Waals surface area (Å²) < 4.78 is 1.99. The number of rotatable bonds is 8. The third-order valence-corrected chi connectivity index (χ3v) is 6.37. The molecule has 182 valence electrons. The topological polar surface area (TPSA) is 111 Å². The molecule has 0 saturated heterocycles.